The number of hydrogen-bond acceptors (Lipinski definition) is 6. The minimum absolute atomic E-state index is 0.185. The fourth-order valence-electron chi connectivity index (χ4n) is 4.68. The molecule has 5 rings (SSSR count). The quantitative estimate of drug-likeness (QED) is 0.206. The van der Waals surface area contributed by atoms with Gasteiger partial charge in [-0.05, 0) is 81.3 Å². The van der Waals surface area contributed by atoms with E-state index in [0.717, 1.165) is 34.6 Å². The second-order valence-electron chi connectivity index (χ2n) is 10.4. The zero-order valence-corrected chi connectivity index (χ0v) is 22.9. The normalized spacial score (nSPS) is 14.6. The fourth-order valence-corrected chi connectivity index (χ4v) is 4.68. The Morgan fingerprint density at radius 3 is 2.52 bits per heavy atom. The van der Waals surface area contributed by atoms with Gasteiger partial charge in [0.25, 0.3) is 5.91 Å². The molecule has 2 heterocycles. The third-order valence-electron chi connectivity index (χ3n) is 6.64. The molecule has 0 atom stereocenters. The highest BCUT2D eigenvalue weighted by atomic mass is 16.5. The molecular weight excluding hydrogens is 502 g/mol. The van der Waals surface area contributed by atoms with Gasteiger partial charge in [-0.1, -0.05) is 35.9 Å². The number of pyridine rings is 1. The van der Waals surface area contributed by atoms with Gasteiger partial charge in [-0.25, -0.2) is 4.98 Å². The molecule has 0 unspecified atom stereocenters. The smallest absolute Gasteiger partial charge is 0.261 e. The number of nitrogens with zero attached hydrogens (tertiary/aromatic N) is 1. The summed E-state index contributed by atoms with van der Waals surface area (Å²) < 4.78 is 11.3. The number of hydrogen-bond donors (Lipinski definition) is 2. The van der Waals surface area contributed by atoms with Gasteiger partial charge in [-0.2, -0.15) is 0 Å². The first-order chi connectivity index (χ1) is 19.2. The van der Waals surface area contributed by atoms with E-state index in [0.29, 0.717) is 17.0 Å². The van der Waals surface area contributed by atoms with E-state index in [1.807, 2.05) is 49.4 Å². The van der Waals surface area contributed by atoms with Gasteiger partial charge in [0.15, 0.2) is 5.78 Å². The lowest BCUT2D eigenvalue weighted by Crippen LogP contribution is -2.43. The van der Waals surface area contributed by atoms with E-state index in [1.165, 1.54) is 0 Å². The Bertz CT molecular complexity index is 1610. The van der Waals surface area contributed by atoms with Crippen LogP contribution in [-0.4, -0.2) is 29.3 Å². The maximum absolute atomic E-state index is 13.4. The van der Waals surface area contributed by atoms with Crippen LogP contribution in [0.25, 0.3) is 5.70 Å². The molecule has 0 saturated heterocycles. The van der Waals surface area contributed by atoms with Crippen molar-refractivity contribution in [2.24, 2.45) is 0 Å². The zero-order chi connectivity index (χ0) is 28.3. The molecule has 0 spiro atoms. The van der Waals surface area contributed by atoms with Crippen molar-refractivity contribution >= 4 is 23.1 Å². The highest BCUT2D eigenvalue weighted by Gasteiger charge is 2.28. The van der Waals surface area contributed by atoms with Crippen LogP contribution in [0.2, 0.25) is 0 Å². The maximum Gasteiger partial charge on any atom is 0.261 e. The van der Waals surface area contributed by atoms with Crippen molar-refractivity contribution in [3.63, 3.8) is 0 Å². The van der Waals surface area contributed by atoms with Gasteiger partial charge < -0.3 is 20.1 Å². The molecule has 0 bridgehead atoms. The fraction of sp³-hybridized carbons (Fsp3) is 0.182. The average Bonchev–Trinajstić information content (AvgIpc) is 2.94. The van der Waals surface area contributed by atoms with Crippen LogP contribution < -0.4 is 20.1 Å². The second kappa shape index (κ2) is 11.1. The molecule has 2 N–H and O–H groups in total. The number of fused-ring (bicyclic) bond motifs is 1. The lowest BCUT2D eigenvalue weighted by molar-refractivity contribution is 0.102. The van der Waals surface area contributed by atoms with Crippen molar-refractivity contribution in [2.75, 3.05) is 12.4 Å². The summed E-state index contributed by atoms with van der Waals surface area (Å²) in [5, 5.41) is 6.36. The lowest BCUT2D eigenvalue weighted by atomic mass is 9.85. The largest absolute Gasteiger partial charge is 0.497 e. The number of ether oxygens (including phenoxy) is 2. The van der Waals surface area contributed by atoms with Crippen molar-refractivity contribution in [3.05, 3.63) is 119 Å². The van der Waals surface area contributed by atoms with Crippen molar-refractivity contribution in [1.29, 1.82) is 0 Å². The molecule has 0 radical (unpaired) electrons. The Kier molecular flexibility index (Phi) is 7.38. The summed E-state index contributed by atoms with van der Waals surface area (Å²) in [5.74, 6) is 0.924. The number of allylic oxidation sites excluding steroid dienone is 1. The molecule has 7 heteroatoms. The highest BCUT2D eigenvalue weighted by molar-refractivity contribution is 6.10. The summed E-state index contributed by atoms with van der Waals surface area (Å²) in [7, 11) is 1.62. The molecule has 0 fully saturated rings. The summed E-state index contributed by atoms with van der Waals surface area (Å²) in [6.45, 7) is 6.19. The van der Waals surface area contributed by atoms with Gasteiger partial charge >= 0.3 is 0 Å². The van der Waals surface area contributed by atoms with Gasteiger partial charge in [-0.15, -0.1) is 0 Å². The zero-order valence-electron chi connectivity index (χ0n) is 22.9. The average molecular weight is 534 g/mol. The molecule has 0 saturated carbocycles. The minimum atomic E-state index is -0.394. The summed E-state index contributed by atoms with van der Waals surface area (Å²) >= 11 is 0. The molecule has 1 aromatic heterocycles. The van der Waals surface area contributed by atoms with Gasteiger partial charge in [0.05, 0.1) is 7.11 Å². The van der Waals surface area contributed by atoms with Crippen LogP contribution in [0.4, 0.5) is 5.69 Å². The number of anilines is 1. The Morgan fingerprint density at radius 2 is 1.75 bits per heavy atom. The second-order valence-corrected chi connectivity index (χ2v) is 10.4. The number of carbonyl (C=O) groups excluding carboxylic acids is 2. The Labute approximate surface area is 233 Å². The van der Waals surface area contributed by atoms with E-state index in [9.17, 15) is 9.59 Å². The number of aromatic nitrogens is 1. The first kappa shape index (κ1) is 26.7. The van der Waals surface area contributed by atoms with E-state index in [-0.39, 0.29) is 22.8 Å². The van der Waals surface area contributed by atoms with E-state index in [1.54, 1.807) is 55.8 Å². The lowest BCUT2D eigenvalue weighted by Gasteiger charge is -2.35. The summed E-state index contributed by atoms with van der Waals surface area (Å²) in [4.78, 5) is 30.8. The highest BCUT2D eigenvalue weighted by Crippen LogP contribution is 2.32. The third-order valence-corrected chi connectivity index (χ3v) is 6.64. The monoisotopic (exact) mass is 533 g/mol. The number of amides is 1. The first-order valence-electron chi connectivity index (χ1n) is 13.0. The van der Waals surface area contributed by atoms with Crippen LogP contribution in [0.3, 0.4) is 0 Å². The van der Waals surface area contributed by atoms with Crippen LogP contribution in [0, 0.1) is 6.92 Å². The molecule has 202 valence electrons. The van der Waals surface area contributed by atoms with E-state index in [4.69, 9.17) is 9.47 Å². The molecule has 0 aliphatic carbocycles. The van der Waals surface area contributed by atoms with Gasteiger partial charge in [-0.3, -0.25) is 9.59 Å². The molecule has 1 aliphatic heterocycles. The predicted molar refractivity (Wildman–Crippen MR) is 156 cm³/mol. The van der Waals surface area contributed by atoms with E-state index in [2.05, 4.69) is 29.5 Å². The Morgan fingerprint density at radius 1 is 0.975 bits per heavy atom. The van der Waals surface area contributed by atoms with Crippen molar-refractivity contribution < 1.29 is 19.1 Å². The van der Waals surface area contributed by atoms with E-state index < -0.39 is 5.91 Å². The number of benzene rings is 3. The van der Waals surface area contributed by atoms with Crippen molar-refractivity contribution in [2.45, 2.75) is 32.7 Å². The van der Waals surface area contributed by atoms with E-state index >= 15 is 0 Å². The Balaban J connectivity index is 1.37. The summed E-state index contributed by atoms with van der Waals surface area (Å²) in [5.41, 5.74) is 4.91. The van der Waals surface area contributed by atoms with Gasteiger partial charge in [0.2, 0.25) is 5.88 Å². The van der Waals surface area contributed by atoms with Gasteiger partial charge in [0, 0.05) is 40.3 Å². The molecule has 40 heavy (non-hydrogen) atoms. The van der Waals surface area contributed by atoms with Crippen LogP contribution in [0.1, 0.15) is 51.3 Å². The van der Waals surface area contributed by atoms with Crippen LogP contribution in [-0.2, 0) is 6.42 Å². The molecule has 1 aliphatic rings. The first-order valence-corrected chi connectivity index (χ1v) is 13.0. The summed E-state index contributed by atoms with van der Waals surface area (Å²) in [6, 6.07) is 23.6. The van der Waals surface area contributed by atoms with Gasteiger partial charge in [0.1, 0.15) is 17.1 Å². The van der Waals surface area contributed by atoms with Crippen molar-refractivity contribution in [1.82, 2.24) is 10.3 Å². The predicted octanol–water partition coefficient (Wildman–Crippen LogP) is 6.59. The van der Waals surface area contributed by atoms with Crippen molar-refractivity contribution in [3.8, 4) is 17.4 Å². The maximum atomic E-state index is 13.4. The number of methoxy groups -OCH3 is 1. The number of ketones is 1. The topological polar surface area (TPSA) is 89.5 Å². The number of aryl methyl sites for hydroxylation is 1. The SMILES string of the molecule is COc1ccc2c(c1)/C(=C/C(=O)c1cccc(NC(=O)c3cccnc3Oc3ccc(C)cc3)c1)NC(C)(C)C2. The number of rotatable bonds is 7. The van der Waals surface area contributed by atoms with Crippen LogP contribution >= 0.6 is 0 Å². The number of nitrogens with one attached hydrogen (secondary N) is 2. The van der Waals surface area contributed by atoms with Crippen LogP contribution in [0.5, 0.6) is 17.4 Å². The third kappa shape index (κ3) is 6.04. The molecule has 4 aromatic rings. The molecule has 3 aromatic carbocycles. The number of carbonyl (C=O) groups is 2. The minimum Gasteiger partial charge on any atom is -0.497 e. The van der Waals surface area contributed by atoms with Crippen LogP contribution in [0.15, 0.2) is 91.1 Å². The standard InChI is InChI=1S/C33H31N3O4/c1-21-10-13-25(14-11-21)40-32-27(9-6-16-34-32)31(38)35-24-8-5-7-22(17-24)30(37)19-29-28-18-26(39-4)15-12-23(28)20-33(2,3)36-29/h5-19,36H,20H2,1-4H3,(H,35,38)/b29-19-. The molecule has 7 nitrogen and oxygen atoms in total. The molecular formula is C33H31N3O4. The Hall–Kier alpha value is -4.91. The molecule has 1 amide bonds. The summed E-state index contributed by atoms with van der Waals surface area (Å²) in [6.07, 6.45) is 4.00.